The normalized spacial score (nSPS) is 10.7. The second kappa shape index (κ2) is 8.55. The third-order valence-electron chi connectivity index (χ3n) is 4.42. The first kappa shape index (κ1) is 19.3. The van der Waals surface area contributed by atoms with Gasteiger partial charge in [0.2, 0.25) is 5.95 Å². The van der Waals surface area contributed by atoms with E-state index in [1.807, 2.05) is 54.6 Å². The fourth-order valence-electron chi connectivity index (χ4n) is 3.00. The van der Waals surface area contributed by atoms with Crippen molar-refractivity contribution >= 4 is 51.6 Å². The van der Waals surface area contributed by atoms with E-state index in [0.717, 1.165) is 33.7 Å². The second-order valence-corrected chi connectivity index (χ2v) is 7.15. The molecule has 0 radical (unpaired) electrons. The fourth-order valence-corrected chi connectivity index (χ4v) is 3.30. The molecule has 0 fully saturated rings. The molecule has 2 N–H and O–H groups in total. The molecule has 0 atom stereocenters. The van der Waals surface area contributed by atoms with Crippen molar-refractivity contribution in [3.8, 4) is 5.75 Å². The maximum Gasteiger partial charge on any atom is 0.229 e. The Morgan fingerprint density at radius 1 is 0.897 bits per heavy atom. The van der Waals surface area contributed by atoms with Crippen molar-refractivity contribution in [3.63, 3.8) is 0 Å². The lowest BCUT2D eigenvalue weighted by Gasteiger charge is -2.13. The van der Waals surface area contributed by atoms with Crippen molar-refractivity contribution in [2.24, 2.45) is 0 Å². The lowest BCUT2D eigenvalue weighted by Crippen LogP contribution is -2.06. The number of nitrogens with zero attached hydrogens (tertiary/aromatic N) is 2. The maximum atomic E-state index is 6.12. The highest BCUT2D eigenvalue weighted by Crippen LogP contribution is 2.28. The standard InChI is InChI=1S/C22H18Cl2N4O/c1-29-20-9-5-2-6-14(20)13-25-21-16-7-3-4-8-19(16)27-22(28-21)26-15-10-11-17(23)18(24)12-15/h2-12H,13H2,1H3,(H2,25,26,27,28). The molecule has 0 aliphatic rings. The van der Waals surface area contributed by atoms with Crippen LogP contribution in [0.3, 0.4) is 0 Å². The van der Waals surface area contributed by atoms with Gasteiger partial charge in [-0.05, 0) is 36.4 Å². The van der Waals surface area contributed by atoms with Crippen LogP contribution in [0.25, 0.3) is 10.9 Å². The van der Waals surface area contributed by atoms with Crippen molar-refractivity contribution < 1.29 is 4.74 Å². The van der Waals surface area contributed by atoms with Crippen molar-refractivity contribution in [2.75, 3.05) is 17.7 Å². The molecule has 4 rings (SSSR count). The summed E-state index contributed by atoms with van der Waals surface area (Å²) >= 11 is 12.1. The van der Waals surface area contributed by atoms with E-state index in [1.165, 1.54) is 0 Å². The lowest BCUT2D eigenvalue weighted by molar-refractivity contribution is 0.410. The number of methoxy groups -OCH3 is 1. The Hall–Kier alpha value is -3.02. The van der Waals surface area contributed by atoms with Gasteiger partial charge < -0.3 is 15.4 Å². The molecule has 0 amide bonds. The number of rotatable bonds is 6. The molecule has 4 aromatic rings. The van der Waals surface area contributed by atoms with Gasteiger partial charge in [0.1, 0.15) is 11.6 Å². The van der Waals surface area contributed by atoms with Crippen molar-refractivity contribution in [1.29, 1.82) is 0 Å². The topological polar surface area (TPSA) is 59.1 Å². The Morgan fingerprint density at radius 2 is 1.69 bits per heavy atom. The smallest absolute Gasteiger partial charge is 0.229 e. The first-order valence-electron chi connectivity index (χ1n) is 8.98. The van der Waals surface area contributed by atoms with Crippen molar-refractivity contribution in [1.82, 2.24) is 9.97 Å². The quantitative estimate of drug-likeness (QED) is 0.380. The SMILES string of the molecule is COc1ccccc1CNc1nc(Nc2ccc(Cl)c(Cl)c2)nc2ccccc12. The van der Waals surface area contributed by atoms with Gasteiger partial charge in [0, 0.05) is 23.2 Å². The van der Waals surface area contributed by atoms with E-state index in [2.05, 4.69) is 20.6 Å². The van der Waals surface area contributed by atoms with Crippen LogP contribution >= 0.6 is 23.2 Å². The molecule has 7 heteroatoms. The van der Waals surface area contributed by atoms with Crippen LogP contribution in [0.15, 0.2) is 66.7 Å². The monoisotopic (exact) mass is 424 g/mol. The van der Waals surface area contributed by atoms with Gasteiger partial charge >= 0.3 is 0 Å². The molecule has 0 saturated carbocycles. The number of ether oxygens (including phenoxy) is 1. The molecule has 3 aromatic carbocycles. The number of para-hydroxylation sites is 2. The Kier molecular flexibility index (Phi) is 5.69. The summed E-state index contributed by atoms with van der Waals surface area (Å²) in [5.41, 5.74) is 2.62. The summed E-state index contributed by atoms with van der Waals surface area (Å²) in [7, 11) is 1.66. The summed E-state index contributed by atoms with van der Waals surface area (Å²) in [6.45, 7) is 0.567. The van der Waals surface area contributed by atoms with Gasteiger partial charge in [0.25, 0.3) is 0 Å². The van der Waals surface area contributed by atoms with E-state index in [1.54, 1.807) is 19.2 Å². The predicted molar refractivity (Wildman–Crippen MR) is 120 cm³/mol. The predicted octanol–water partition coefficient (Wildman–Crippen LogP) is 6.30. The highest BCUT2D eigenvalue weighted by Gasteiger charge is 2.10. The molecule has 0 bridgehead atoms. The minimum Gasteiger partial charge on any atom is -0.496 e. The largest absolute Gasteiger partial charge is 0.496 e. The summed E-state index contributed by atoms with van der Waals surface area (Å²) in [5, 5.41) is 8.50. The average molecular weight is 425 g/mol. The number of fused-ring (bicyclic) bond motifs is 1. The minimum atomic E-state index is 0.463. The minimum absolute atomic E-state index is 0.463. The van der Waals surface area contributed by atoms with Gasteiger partial charge in [-0.1, -0.05) is 53.5 Å². The maximum absolute atomic E-state index is 6.12. The molecule has 1 aromatic heterocycles. The third kappa shape index (κ3) is 4.36. The molecule has 0 unspecified atom stereocenters. The average Bonchev–Trinajstić information content (AvgIpc) is 2.75. The Labute approximate surface area is 178 Å². The van der Waals surface area contributed by atoms with E-state index in [-0.39, 0.29) is 0 Å². The van der Waals surface area contributed by atoms with Crippen LogP contribution in [-0.2, 0) is 6.54 Å². The van der Waals surface area contributed by atoms with E-state index >= 15 is 0 Å². The van der Waals surface area contributed by atoms with Gasteiger partial charge in [0.15, 0.2) is 0 Å². The number of nitrogens with one attached hydrogen (secondary N) is 2. The van der Waals surface area contributed by atoms with Gasteiger partial charge in [-0.25, -0.2) is 4.98 Å². The second-order valence-electron chi connectivity index (χ2n) is 6.33. The molecular formula is C22H18Cl2N4O. The van der Waals surface area contributed by atoms with E-state index in [9.17, 15) is 0 Å². The van der Waals surface area contributed by atoms with Crippen molar-refractivity contribution in [2.45, 2.75) is 6.54 Å². The Morgan fingerprint density at radius 3 is 2.52 bits per heavy atom. The summed E-state index contributed by atoms with van der Waals surface area (Å²) in [4.78, 5) is 9.28. The summed E-state index contributed by atoms with van der Waals surface area (Å²) in [5.74, 6) is 2.01. The third-order valence-corrected chi connectivity index (χ3v) is 5.16. The van der Waals surface area contributed by atoms with Crippen LogP contribution in [0.5, 0.6) is 5.75 Å². The summed E-state index contributed by atoms with van der Waals surface area (Å²) < 4.78 is 5.44. The highest BCUT2D eigenvalue weighted by atomic mass is 35.5. The summed E-state index contributed by atoms with van der Waals surface area (Å²) in [6, 6.07) is 21.0. The van der Waals surface area contributed by atoms with E-state index in [4.69, 9.17) is 27.9 Å². The van der Waals surface area contributed by atoms with Crippen LogP contribution in [0, 0.1) is 0 Å². The van der Waals surface area contributed by atoms with Crippen LogP contribution in [0.1, 0.15) is 5.56 Å². The number of hydrogen-bond donors (Lipinski definition) is 2. The number of anilines is 3. The zero-order chi connectivity index (χ0) is 20.2. The van der Waals surface area contributed by atoms with E-state index < -0.39 is 0 Å². The number of hydrogen-bond acceptors (Lipinski definition) is 5. The van der Waals surface area contributed by atoms with Crippen LogP contribution in [-0.4, -0.2) is 17.1 Å². The molecule has 0 spiro atoms. The van der Waals surface area contributed by atoms with Gasteiger partial charge in [-0.3, -0.25) is 0 Å². The zero-order valence-electron chi connectivity index (χ0n) is 15.6. The van der Waals surface area contributed by atoms with Gasteiger partial charge in [-0.15, -0.1) is 0 Å². The Bertz CT molecular complexity index is 1170. The van der Waals surface area contributed by atoms with Gasteiger partial charge in [0.05, 0.1) is 22.7 Å². The molecule has 5 nitrogen and oxygen atoms in total. The molecule has 0 aliphatic heterocycles. The zero-order valence-corrected chi connectivity index (χ0v) is 17.1. The van der Waals surface area contributed by atoms with Crippen LogP contribution in [0.2, 0.25) is 10.0 Å². The number of aromatic nitrogens is 2. The first-order chi connectivity index (χ1) is 14.1. The molecular weight excluding hydrogens is 407 g/mol. The molecule has 1 heterocycles. The molecule has 29 heavy (non-hydrogen) atoms. The number of benzene rings is 3. The lowest BCUT2D eigenvalue weighted by atomic mass is 10.2. The molecule has 146 valence electrons. The van der Waals surface area contributed by atoms with E-state index in [0.29, 0.717) is 22.5 Å². The highest BCUT2D eigenvalue weighted by molar-refractivity contribution is 6.42. The summed E-state index contributed by atoms with van der Waals surface area (Å²) in [6.07, 6.45) is 0. The Balaban J connectivity index is 1.66. The molecule has 0 saturated heterocycles. The number of halogens is 2. The fraction of sp³-hybridized carbons (Fsp3) is 0.0909. The van der Waals surface area contributed by atoms with Crippen LogP contribution < -0.4 is 15.4 Å². The molecule has 0 aliphatic carbocycles. The van der Waals surface area contributed by atoms with Crippen LogP contribution in [0.4, 0.5) is 17.5 Å². The van der Waals surface area contributed by atoms with Gasteiger partial charge in [-0.2, -0.15) is 4.98 Å². The van der Waals surface area contributed by atoms with Crippen molar-refractivity contribution in [3.05, 3.63) is 82.3 Å². The first-order valence-corrected chi connectivity index (χ1v) is 9.74.